The van der Waals surface area contributed by atoms with Crippen LogP contribution in [0.1, 0.15) is 24.4 Å². The smallest absolute Gasteiger partial charge is 0.128 e. The second-order valence-electron chi connectivity index (χ2n) is 5.83. The lowest BCUT2D eigenvalue weighted by atomic mass is 10.0. The van der Waals surface area contributed by atoms with Gasteiger partial charge in [-0.25, -0.2) is 13.3 Å². The molecule has 1 saturated heterocycles. The van der Waals surface area contributed by atoms with Crippen molar-refractivity contribution in [1.29, 1.82) is 0 Å². The van der Waals surface area contributed by atoms with Gasteiger partial charge in [-0.2, -0.15) is 5.10 Å². The van der Waals surface area contributed by atoms with Gasteiger partial charge in [-0.3, -0.25) is 0 Å². The topological polar surface area (TPSA) is 46.6 Å². The Bertz CT molecular complexity index is 874. The molecule has 4 nitrogen and oxygen atoms in total. The highest BCUT2D eigenvalue weighted by Gasteiger charge is 2.29. The number of fused-ring (bicyclic) bond motifs is 1. The van der Waals surface area contributed by atoms with E-state index >= 15 is 0 Å². The van der Waals surface area contributed by atoms with Crippen molar-refractivity contribution in [3.8, 4) is 0 Å². The first-order valence-corrected chi connectivity index (χ1v) is 7.58. The molecular weight excluding hydrogens is 298 g/mol. The first-order chi connectivity index (χ1) is 11.1. The van der Waals surface area contributed by atoms with Crippen molar-refractivity contribution >= 4 is 16.9 Å². The molecular formula is C17H16F2N4. The Morgan fingerprint density at radius 1 is 1.17 bits per heavy atom. The molecule has 0 amide bonds. The summed E-state index contributed by atoms with van der Waals surface area (Å²) < 4.78 is 29.4. The Morgan fingerprint density at radius 2 is 2.04 bits per heavy atom. The maximum Gasteiger partial charge on any atom is 0.128 e. The van der Waals surface area contributed by atoms with E-state index in [2.05, 4.69) is 10.00 Å². The van der Waals surface area contributed by atoms with Crippen molar-refractivity contribution in [2.24, 2.45) is 0 Å². The van der Waals surface area contributed by atoms with Crippen LogP contribution in [-0.4, -0.2) is 16.2 Å². The van der Waals surface area contributed by atoms with Crippen LogP contribution in [0.2, 0.25) is 0 Å². The van der Waals surface area contributed by atoms with E-state index in [0.29, 0.717) is 11.3 Å². The first kappa shape index (κ1) is 14.0. The van der Waals surface area contributed by atoms with Crippen LogP contribution in [0.3, 0.4) is 0 Å². The number of nitrogen functional groups attached to an aromatic ring is 1. The quantitative estimate of drug-likeness (QED) is 0.787. The van der Waals surface area contributed by atoms with E-state index in [9.17, 15) is 8.78 Å². The highest BCUT2D eigenvalue weighted by atomic mass is 19.1. The zero-order chi connectivity index (χ0) is 16.0. The Labute approximate surface area is 132 Å². The Kier molecular flexibility index (Phi) is 3.18. The Balaban J connectivity index is 1.76. The van der Waals surface area contributed by atoms with E-state index in [0.717, 1.165) is 36.7 Å². The molecule has 1 aliphatic rings. The number of anilines is 2. The Hall–Kier alpha value is -2.63. The predicted octanol–water partition coefficient (Wildman–Crippen LogP) is 3.54. The van der Waals surface area contributed by atoms with Crippen molar-refractivity contribution < 1.29 is 8.78 Å². The monoisotopic (exact) mass is 314 g/mol. The summed E-state index contributed by atoms with van der Waals surface area (Å²) >= 11 is 0. The summed E-state index contributed by atoms with van der Waals surface area (Å²) in [7, 11) is 0. The fraction of sp³-hybridized carbons (Fsp3) is 0.235. The van der Waals surface area contributed by atoms with Crippen LogP contribution in [0.15, 0.2) is 42.7 Å². The van der Waals surface area contributed by atoms with Crippen molar-refractivity contribution in [2.75, 3.05) is 17.2 Å². The largest absolute Gasteiger partial charge is 0.396 e. The molecule has 0 spiro atoms. The lowest BCUT2D eigenvalue weighted by molar-refractivity contribution is 0.561. The normalized spacial score (nSPS) is 18.0. The minimum atomic E-state index is -0.413. The van der Waals surface area contributed by atoms with Gasteiger partial charge in [-0.1, -0.05) is 0 Å². The minimum Gasteiger partial charge on any atom is -0.396 e. The molecule has 0 unspecified atom stereocenters. The van der Waals surface area contributed by atoms with Gasteiger partial charge in [0.15, 0.2) is 0 Å². The van der Waals surface area contributed by atoms with Gasteiger partial charge in [-0.15, -0.1) is 0 Å². The number of halogens is 2. The van der Waals surface area contributed by atoms with Crippen LogP contribution in [0, 0.1) is 11.6 Å². The highest BCUT2D eigenvalue weighted by Crippen LogP contribution is 2.38. The van der Waals surface area contributed by atoms with Gasteiger partial charge in [0.1, 0.15) is 11.6 Å². The van der Waals surface area contributed by atoms with Crippen molar-refractivity contribution in [1.82, 2.24) is 9.61 Å². The molecule has 23 heavy (non-hydrogen) atoms. The van der Waals surface area contributed by atoms with Gasteiger partial charge >= 0.3 is 0 Å². The highest BCUT2D eigenvalue weighted by molar-refractivity contribution is 5.73. The summed E-state index contributed by atoms with van der Waals surface area (Å²) in [5, 5.41) is 4.15. The average Bonchev–Trinajstić information content (AvgIpc) is 3.17. The van der Waals surface area contributed by atoms with Gasteiger partial charge in [-0.05, 0) is 43.2 Å². The second-order valence-corrected chi connectivity index (χ2v) is 5.83. The molecule has 1 fully saturated rings. The molecule has 3 aromatic rings. The molecule has 3 heterocycles. The third-order valence-electron chi connectivity index (χ3n) is 4.44. The van der Waals surface area contributed by atoms with Crippen molar-refractivity contribution in [2.45, 2.75) is 18.9 Å². The molecule has 2 aromatic heterocycles. The molecule has 0 aliphatic carbocycles. The number of nitrogens with zero attached hydrogens (tertiary/aromatic N) is 3. The summed E-state index contributed by atoms with van der Waals surface area (Å²) in [5.74, 6) is -0.781. The van der Waals surface area contributed by atoms with Crippen LogP contribution in [0.25, 0.3) is 5.52 Å². The number of aromatic nitrogens is 2. The van der Waals surface area contributed by atoms with Gasteiger partial charge in [0.2, 0.25) is 0 Å². The number of benzene rings is 1. The minimum absolute atomic E-state index is 0.169. The molecule has 1 aliphatic heterocycles. The lowest BCUT2D eigenvalue weighted by Crippen LogP contribution is -2.23. The first-order valence-electron chi connectivity index (χ1n) is 7.58. The molecule has 1 aromatic carbocycles. The fourth-order valence-electron chi connectivity index (χ4n) is 3.34. The van der Waals surface area contributed by atoms with Crippen LogP contribution in [-0.2, 0) is 0 Å². The number of hydrogen-bond acceptors (Lipinski definition) is 3. The van der Waals surface area contributed by atoms with Crippen molar-refractivity contribution in [3.63, 3.8) is 0 Å². The number of nitrogens with two attached hydrogens (primary N) is 1. The third kappa shape index (κ3) is 2.30. The number of hydrogen-bond donors (Lipinski definition) is 1. The van der Waals surface area contributed by atoms with E-state index in [1.165, 1.54) is 12.1 Å². The SMILES string of the molecule is Nc1cnn2ccc(N3CCC[C@@H]3c3cc(F)ccc3F)cc12. The number of rotatable bonds is 2. The zero-order valence-electron chi connectivity index (χ0n) is 12.4. The summed E-state index contributed by atoms with van der Waals surface area (Å²) in [6.45, 7) is 0.796. The standard InChI is InChI=1S/C17H16F2N4/c18-11-3-4-14(19)13(8-11)16-2-1-6-22(16)12-5-7-23-17(9-12)15(20)10-21-23/h3-5,7-10,16H,1-2,6,20H2/t16-/m1/s1. The van der Waals surface area contributed by atoms with Crippen LogP contribution < -0.4 is 10.6 Å². The molecule has 1 atom stereocenters. The molecule has 0 bridgehead atoms. The fourth-order valence-corrected chi connectivity index (χ4v) is 3.34. The third-order valence-corrected chi connectivity index (χ3v) is 4.44. The van der Waals surface area contributed by atoms with Crippen molar-refractivity contribution in [3.05, 3.63) is 59.9 Å². The van der Waals surface area contributed by atoms with Crippen LogP contribution in [0.5, 0.6) is 0 Å². The predicted molar refractivity (Wildman–Crippen MR) is 85.3 cm³/mol. The zero-order valence-corrected chi connectivity index (χ0v) is 12.4. The summed E-state index contributed by atoms with van der Waals surface area (Å²) in [5.41, 5.74) is 8.68. The maximum absolute atomic E-state index is 14.2. The van der Waals surface area contributed by atoms with Gasteiger partial charge in [0.05, 0.1) is 23.4 Å². The van der Waals surface area contributed by atoms with Gasteiger partial charge < -0.3 is 10.6 Å². The van der Waals surface area contributed by atoms with E-state index in [1.807, 2.05) is 18.3 Å². The van der Waals surface area contributed by atoms with E-state index in [4.69, 9.17) is 5.73 Å². The Morgan fingerprint density at radius 3 is 2.91 bits per heavy atom. The molecule has 0 radical (unpaired) electrons. The van der Waals surface area contributed by atoms with E-state index < -0.39 is 5.82 Å². The van der Waals surface area contributed by atoms with Crippen LogP contribution >= 0.6 is 0 Å². The van der Waals surface area contributed by atoms with Crippen LogP contribution in [0.4, 0.5) is 20.2 Å². The summed E-state index contributed by atoms with van der Waals surface area (Å²) in [6, 6.07) is 7.34. The van der Waals surface area contributed by atoms with Gasteiger partial charge in [0.25, 0.3) is 0 Å². The molecule has 0 saturated carbocycles. The number of pyridine rings is 1. The second kappa shape index (κ2) is 5.22. The molecule has 118 valence electrons. The molecule has 6 heteroatoms. The maximum atomic E-state index is 14.2. The molecule has 4 rings (SSSR count). The molecule has 2 N–H and O–H groups in total. The van der Waals surface area contributed by atoms with E-state index in [-0.39, 0.29) is 11.9 Å². The summed E-state index contributed by atoms with van der Waals surface area (Å²) in [6.07, 6.45) is 5.16. The van der Waals surface area contributed by atoms with E-state index in [1.54, 1.807) is 10.7 Å². The summed E-state index contributed by atoms with van der Waals surface area (Å²) in [4.78, 5) is 2.10. The average molecular weight is 314 g/mol. The van der Waals surface area contributed by atoms with Gasteiger partial charge in [0, 0.05) is 24.0 Å². The lowest BCUT2D eigenvalue weighted by Gasteiger charge is -2.27.